The number of carbonyl (C=O) groups is 4. The van der Waals surface area contributed by atoms with Crippen LogP contribution in [0.1, 0.15) is 39.1 Å². The number of anilines is 1. The third kappa shape index (κ3) is 3.49. The molecule has 4 amide bonds. The van der Waals surface area contributed by atoms with Crippen LogP contribution in [0.4, 0.5) is 5.69 Å². The molecule has 4 rings (SSSR count). The van der Waals surface area contributed by atoms with Crippen molar-refractivity contribution in [3.63, 3.8) is 0 Å². The van der Waals surface area contributed by atoms with E-state index < -0.39 is 23.8 Å². The molecule has 1 saturated heterocycles. The van der Waals surface area contributed by atoms with Gasteiger partial charge in [0.15, 0.2) is 0 Å². The molecular formula is C21H20N4O4. The van der Waals surface area contributed by atoms with Crippen LogP contribution in [0.5, 0.6) is 0 Å². The number of piperidine rings is 1. The molecule has 8 nitrogen and oxygen atoms in total. The lowest BCUT2D eigenvalue weighted by atomic mass is 10.0. The van der Waals surface area contributed by atoms with Gasteiger partial charge in [-0.3, -0.25) is 34.4 Å². The molecule has 29 heavy (non-hydrogen) atoms. The predicted molar refractivity (Wildman–Crippen MR) is 104 cm³/mol. The highest BCUT2D eigenvalue weighted by Gasteiger charge is 2.44. The molecule has 1 fully saturated rings. The minimum absolute atomic E-state index is 0.104. The molecule has 0 spiro atoms. The Kier molecular flexibility index (Phi) is 4.84. The molecule has 0 aliphatic carbocycles. The van der Waals surface area contributed by atoms with E-state index in [9.17, 15) is 19.2 Å². The first kappa shape index (κ1) is 18.8. The van der Waals surface area contributed by atoms with Crippen molar-refractivity contribution < 1.29 is 19.2 Å². The first-order chi connectivity index (χ1) is 14.0. The fourth-order valence-electron chi connectivity index (χ4n) is 3.67. The molecule has 1 aromatic carbocycles. The van der Waals surface area contributed by atoms with E-state index >= 15 is 0 Å². The van der Waals surface area contributed by atoms with Gasteiger partial charge in [0.05, 0.1) is 11.1 Å². The zero-order chi connectivity index (χ0) is 20.5. The number of nitrogens with one attached hydrogen (secondary N) is 1. The standard InChI is InChI=1S/C21H20N4O4/c1-24(11-8-13-6-9-22-10-7-13)14-2-3-15-16(12-14)21(29)25(20(15)28)17-4-5-18(26)23-19(17)27/h2-3,6-7,9-10,12,17H,4-5,8,11H2,1H3,(H,23,26,27). The third-order valence-corrected chi connectivity index (χ3v) is 5.35. The summed E-state index contributed by atoms with van der Waals surface area (Å²) in [7, 11) is 1.92. The molecule has 2 aliphatic rings. The van der Waals surface area contributed by atoms with Gasteiger partial charge in [0.2, 0.25) is 11.8 Å². The highest BCUT2D eigenvalue weighted by molar-refractivity contribution is 6.23. The minimum Gasteiger partial charge on any atom is -0.374 e. The van der Waals surface area contributed by atoms with Crippen LogP contribution in [0.2, 0.25) is 0 Å². The smallest absolute Gasteiger partial charge is 0.262 e. The topological polar surface area (TPSA) is 99.7 Å². The number of rotatable bonds is 5. The first-order valence-corrected chi connectivity index (χ1v) is 9.41. The van der Waals surface area contributed by atoms with Gasteiger partial charge in [-0.15, -0.1) is 0 Å². The van der Waals surface area contributed by atoms with E-state index in [0.29, 0.717) is 0 Å². The largest absolute Gasteiger partial charge is 0.374 e. The van der Waals surface area contributed by atoms with Crippen molar-refractivity contribution in [1.29, 1.82) is 0 Å². The number of hydrogen-bond donors (Lipinski definition) is 1. The van der Waals surface area contributed by atoms with Gasteiger partial charge in [0.25, 0.3) is 11.8 Å². The molecule has 1 aromatic heterocycles. The maximum absolute atomic E-state index is 12.9. The van der Waals surface area contributed by atoms with Gasteiger partial charge in [-0.05, 0) is 48.7 Å². The van der Waals surface area contributed by atoms with E-state index in [0.717, 1.165) is 29.1 Å². The lowest BCUT2D eigenvalue weighted by Gasteiger charge is -2.27. The molecule has 1 N–H and O–H groups in total. The predicted octanol–water partition coefficient (Wildman–Crippen LogP) is 1.16. The van der Waals surface area contributed by atoms with Crippen LogP contribution in [0.15, 0.2) is 42.7 Å². The lowest BCUT2D eigenvalue weighted by molar-refractivity contribution is -0.136. The number of amides is 4. The van der Waals surface area contributed by atoms with Crippen molar-refractivity contribution in [2.24, 2.45) is 0 Å². The highest BCUT2D eigenvalue weighted by atomic mass is 16.2. The van der Waals surface area contributed by atoms with Crippen molar-refractivity contribution >= 4 is 29.3 Å². The number of pyridine rings is 1. The molecule has 0 bridgehead atoms. The fourth-order valence-corrected chi connectivity index (χ4v) is 3.67. The molecule has 2 aliphatic heterocycles. The second kappa shape index (κ2) is 7.46. The molecule has 1 atom stereocenters. The van der Waals surface area contributed by atoms with Crippen LogP contribution in [-0.2, 0) is 16.0 Å². The maximum Gasteiger partial charge on any atom is 0.262 e. The van der Waals surface area contributed by atoms with Gasteiger partial charge in [-0.1, -0.05) is 0 Å². The second-order valence-electron chi connectivity index (χ2n) is 7.20. The van der Waals surface area contributed by atoms with Gasteiger partial charge in [0, 0.05) is 38.1 Å². The Morgan fingerprint density at radius 1 is 1.07 bits per heavy atom. The van der Waals surface area contributed by atoms with Crippen molar-refractivity contribution in [3.8, 4) is 0 Å². The van der Waals surface area contributed by atoms with E-state index in [1.165, 1.54) is 0 Å². The highest BCUT2D eigenvalue weighted by Crippen LogP contribution is 2.30. The Morgan fingerprint density at radius 3 is 2.52 bits per heavy atom. The Labute approximate surface area is 167 Å². The Balaban J connectivity index is 1.52. The summed E-state index contributed by atoms with van der Waals surface area (Å²) in [6.45, 7) is 0.724. The molecular weight excluding hydrogens is 372 g/mol. The summed E-state index contributed by atoms with van der Waals surface area (Å²) in [5.41, 5.74) is 2.53. The molecule has 8 heteroatoms. The van der Waals surface area contributed by atoms with Crippen LogP contribution in [0.3, 0.4) is 0 Å². The zero-order valence-electron chi connectivity index (χ0n) is 15.9. The van der Waals surface area contributed by atoms with Crippen LogP contribution < -0.4 is 10.2 Å². The first-order valence-electron chi connectivity index (χ1n) is 9.41. The van der Waals surface area contributed by atoms with Crippen molar-refractivity contribution in [2.45, 2.75) is 25.3 Å². The minimum atomic E-state index is -0.951. The number of hydrogen-bond acceptors (Lipinski definition) is 6. The van der Waals surface area contributed by atoms with Gasteiger partial charge in [-0.25, -0.2) is 0 Å². The quantitative estimate of drug-likeness (QED) is 0.767. The van der Waals surface area contributed by atoms with Crippen molar-refractivity contribution in [2.75, 3.05) is 18.5 Å². The summed E-state index contributed by atoms with van der Waals surface area (Å²) in [4.78, 5) is 56.1. The number of benzene rings is 1. The molecule has 0 saturated carbocycles. The van der Waals surface area contributed by atoms with Gasteiger partial charge >= 0.3 is 0 Å². The number of fused-ring (bicyclic) bond motifs is 1. The van der Waals surface area contributed by atoms with Crippen molar-refractivity contribution in [1.82, 2.24) is 15.2 Å². The van der Waals surface area contributed by atoms with Crippen LogP contribution in [0, 0.1) is 0 Å². The van der Waals surface area contributed by atoms with Gasteiger partial charge in [-0.2, -0.15) is 0 Å². The summed E-state index contributed by atoms with van der Waals surface area (Å²) >= 11 is 0. The average molecular weight is 392 g/mol. The SMILES string of the molecule is CN(CCc1ccncc1)c1ccc2c(c1)C(=O)N(C1CCC(=O)NC1=O)C2=O. The average Bonchev–Trinajstić information content (AvgIpc) is 2.97. The molecule has 0 radical (unpaired) electrons. The van der Waals surface area contributed by atoms with E-state index in [-0.39, 0.29) is 29.9 Å². The Hall–Kier alpha value is -3.55. The van der Waals surface area contributed by atoms with Crippen LogP contribution in [0.25, 0.3) is 0 Å². The van der Waals surface area contributed by atoms with Crippen molar-refractivity contribution in [3.05, 3.63) is 59.4 Å². The number of carbonyl (C=O) groups excluding carboxylic acids is 4. The molecule has 148 valence electrons. The van der Waals surface area contributed by atoms with Crippen LogP contribution in [-0.4, -0.2) is 53.1 Å². The van der Waals surface area contributed by atoms with Crippen LogP contribution >= 0.6 is 0 Å². The number of likely N-dealkylation sites (N-methyl/N-ethyl adjacent to an activating group) is 1. The molecule has 1 unspecified atom stereocenters. The number of aromatic nitrogens is 1. The van der Waals surface area contributed by atoms with Gasteiger partial charge in [0.1, 0.15) is 6.04 Å². The number of nitrogens with zero attached hydrogens (tertiary/aromatic N) is 3. The molecule has 3 heterocycles. The third-order valence-electron chi connectivity index (χ3n) is 5.35. The van der Waals surface area contributed by atoms with E-state index in [1.54, 1.807) is 30.6 Å². The maximum atomic E-state index is 12.9. The summed E-state index contributed by atoms with van der Waals surface area (Å²) in [6.07, 6.45) is 4.56. The lowest BCUT2D eigenvalue weighted by Crippen LogP contribution is -2.54. The normalized spacial score (nSPS) is 18.7. The fraction of sp³-hybridized carbons (Fsp3) is 0.286. The van der Waals surface area contributed by atoms with E-state index in [4.69, 9.17) is 0 Å². The summed E-state index contributed by atoms with van der Waals surface area (Å²) in [6, 6.07) is 8.07. The Bertz CT molecular complexity index is 1000. The summed E-state index contributed by atoms with van der Waals surface area (Å²) < 4.78 is 0. The van der Waals surface area contributed by atoms with Gasteiger partial charge < -0.3 is 4.90 Å². The second-order valence-corrected chi connectivity index (χ2v) is 7.20. The molecule has 2 aromatic rings. The number of imide groups is 2. The van der Waals surface area contributed by atoms with E-state index in [1.807, 2.05) is 24.1 Å². The summed E-state index contributed by atoms with van der Waals surface area (Å²) in [5.74, 6) is -1.99. The Morgan fingerprint density at radius 2 is 1.79 bits per heavy atom. The summed E-state index contributed by atoms with van der Waals surface area (Å²) in [5, 5.41) is 2.20. The zero-order valence-corrected chi connectivity index (χ0v) is 15.9. The van der Waals surface area contributed by atoms with E-state index in [2.05, 4.69) is 10.3 Å². The monoisotopic (exact) mass is 392 g/mol.